The molecule has 0 spiro atoms. The van der Waals surface area contributed by atoms with E-state index >= 15 is 0 Å². The maximum absolute atomic E-state index is 6.04. The minimum atomic E-state index is 0.324. The zero-order chi connectivity index (χ0) is 18.5. The van der Waals surface area contributed by atoms with E-state index in [2.05, 4.69) is 47.1 Å². The normalized spacial score (nSPS) is 17.7. The van der Waals surface area contributed by atoms with Gasteiger partial charge in [0.25, 0.3) is 0 Å². The van der Waals surface area contributed by atoms with Gasteiger partial charge in [-0.25, -0.2) is 0 Å². The second kappa shape index (κ2) is 12.9. The number of aliphatic imine (C=N–C) groups is 1. The second-order valence-corrected chi connectivity index (χ2v) is 6.80. The van der Waals surface area contributed by atoms with Crippen molar-refractivity contribution in [2.75, 3.05) is 59.0 Å². The van der Waals surface area contributed by atoms with Crippen molar-refractivity contribution in [3.63, 3.8) is 0 Å². The quantitative estimate of drug-likeness (QED) is 0.240. The first-order valence-electron chi connectivity index (χ1n) is 9.38. The smallest absolute Gasteiger partial charge is 0.188 e. The lowest BCUT2D eigenvalue weighted by atomic mass is 10.0. The number of hydrogen-bond donors (Lipinski definition) is 2. The minimum absolute atomic E-state index is 0.324. The molecule has 0 bridgehead atoms. The van der Waals surface area contributed by atoms with Crippen LogP contribution in [0.25, 0.3) is 0 Å². The van der Waals surface area contributed by atoms with Crippen molar-refractivity contribution < 1.29 is 4.74 Å². The monoisotopic (exact) mass is 351 g/mol. The van der Waals surface area contributed by atoms with Crippen molar-refractivity contribution in [1.29, 1.82) is 0 Å². The van der Waals surface area contributed by atoms with Gasteiger partial charge in [0.2, 0.25) is 0 Å². The van der Waals surface area contributed by atoms with Gasteiger partial charge in [0.15, 0.2) is 5.96 Å². The summed E-state index contributed by atoms with van der Waals surface area (Å²) in [5.41, 5.74) is 6.04. The molecule has 0 amide bonds. The van der Waals surface area contributed by atoms with Crippen LogP contribution in [0.4, 0.5) is 0 Å². The van der Waals surface area contributed by atoms with Crippen LogP contribution in [0.2, 0.25) is 0 Å². The van der Waals surface area contributed by atoms with Gasteiger partial charge in [-0.3, -0.25) is 14.8 Å². The molecule has 25 heavy (non-hydrogen) atoms. The zero-order valence-corrected chi connectivity index (χ0v) is 16.1. The third kappa shape index (κ3) is 9.05. The van der Waals surface area contributed by atoms with Crippen molar-refractivity contribution in [3.8, 4) is 0 Å². The molecule has 0 aromatic carbocycles. The van der Waals surface area contributed by atoms with Crippen molar-refractivity contribution in [3.05, 3.63) is 25.3 Å². The molecular weight excluding hydrogens is 314 g/mol. The lowest BCUT2D eigenvalue weighted by Gasteiger charge is -2.31. The highest BCUT2D eigenvalue weighted by Crippen LogP contribution is 2.11. The SMILES string of the molecule is C=CCN(CC=C)C(CN=C(N)NCCCN1CCOCC1)C(C)C. The zero-order valence-electron chi connectivity index (χ0n) is 16.1. The van der Waals surface area contributed by atoms with Crippen LogP contribution in [0.3, 0.4) is 0 Å². The third-order valence-corrected chi connectivity index (χ3v) is 4.48. The maximum Gasteiger partial charge on any atom is 0.188 e. The number of rotatable bonds is 12. The number of morpholine rings is 1. The Labute approximate surface area is 153 Å². The summed E-state index contributed by atoms with van der Waals surface area (Å²) < 4.78 is 5.36. The first-order chi connectivity index (χ1) is 12.1. The summed E-state index contributed by atoms with van der Waals surface area (Å²) in [7, 11) is 0. The number of hydrogen-bond acceptors (Lipinski definition) is 4. The highest BCUT2D eigenvalue weighted by molar-refractivity contribution is 5.77. The van der Waals surface area contributed by atoms with Gasteiger partial charge in [-0.05, 0) is 18.9 Å². The summed E-state index contributed by atoms with van der Waals surface area (Å²) in [6.07, 6.45) is 4.91. The van der Waals surface area contributed by atoms with Crippen LogP contribution in [-0.2, 0) is 4.74 Å². The lowest BCUT2D eigenvalue weighted by Crippen LogP contribution is -2.43. The molecule has 0 saturated carbocycles. The fourth-order valence-corrected chi connectivity index (χ4v) is 3.02. The van der Waals surface area contributed by atoms with Crippen LogP contribution in [0.15, 0.2) is 30.3 Å². The van der Waals surface area contributed by atoms with Crippen LogP contribution in [-0.4, -0.2) is 80.8 Å². The van der Waals surface area contributed by atoms with E-state index in [0.717, 1.165) is 58.9 Å². The number of ether oxygens (including phenoxy) is 1. The van der Waals surface area contributed by atoms with Crippen molar-refractivity contribution in [1.82, 2.24) is 15.1 Å². The molecule has 1 rings (SSSR count). The van der Waals surface area contributed by atoms with Gasteiger partial charge < -0.3 is 15.8 Å². The molecular formula is C19H37N5O. The van der Waals surface area contributed by atoms with Crippen LogP contribution >= 0.6 is 0 Å². The van der Waals surface area contributed by atoms with Gasteiger partial charge in [-0.1, -0.05) is 26.0 Å². The number of nitrogens with two attached hydrogens (primary N) is 1. The van der Waals surface area contributed by atoms with Gasteiger partial charge >= 0.3 is 0 Å². The Morgan fingerprint density at radius 2 is 1.92 bits per heavy atom. The van der Waals surface area contributed by atoms with Gasteiger partial charge in [0.1, 0.15) is 0 Å². The van der Waals surface area contributed by atoms with Crippen molar-refractivity contribution in [2.45, 2.75) is 26.3 Å². The minimum Gasteiger partial charge on any atom is -0.379 e. The Bertz CT molecular complexity index is 395. The molecule has 0 aliphatic carbocycles. The van der Waals surface area contributed by atoms with E-state index in [9.17, 15) is 0 Å². The predicted molar refractivity (Wildman–Crippen MR) is 107 cm³/mol. The van der Waals surface area contributed by atoms with Crippen LogP contribution in [0.1, 0.15) is 20.3 Å². The molecule has 1 saturated heterocycles. The lowest BCUT2D eigenvalue weighted by molar-refractivity contribution is 0.0376. The number of guanidine groups is 1. The summed E-state index contributed by atoms with van der Waals surface area (Å²) in [6, 6.07) is 0.324. The predicted octanol–water partition coefficient (Wildman–Crippen LogP) is 1.31. The first kappa shape index (κ1) is 21.7. The highest BCUT2D eigenvalue weighted by Gasteiger charge is 2.19. The van der Waals surface area contributed by atoms with E-state index in [1.165, 1.54) is 0 Å². The molecule has 0 radical (unpaired) electrons. The average Bonchev–Trinajstić information content (AvgIpc) is 2.60. The van der Waals surface area contributed by atoms with E-state index in [-0.39, 0.29) is 0 Å². The van der Waals surface area contributed by atoms with Crippen molar-refractivity contribution >= 4 is 5.96 Å². The van der Waals surface area contributed by atoms with Gasteiger partial charge in [-0.2, -0.15) is 0 Å². The summed E-state index contributed by atoms with van der Waals surface area (Å²) in [5.74, 6) is 1.02. The van der Waals surface area contributed by atoms with E-state index < -0.39 is 0 Å². The molecule has 1 aliphatic rings. The van der Waals surface area contributed by atoms with E-state index in [0.29, 0.717) is 24.5 Å². The van der Waals surface area contributed by atoms with E-state index in [4.69, 9.17) is 10.5 Å². The summed E-state index contributed by atoms with van der Waals surface area (Å²) in [4.78, 5) is 9.31. The van der Waals surface area contributed by atoms with Gasteiger partial charge in [0, 0.05) is 38.8 Å². The van der Waals surface area contributed by atoms with Crippen LogP contribution in [0.5, 0.6) is 0 Å². The standard InChI is InChI=1S/C19H37N5O/c1-5-9-24(10-6-2)18(17(3)4)16-22-19(20)21-8-7-11-23-12-14-25-15-13-23/h5-6,17-18H,1-2,7-16H2,3-4H3,(H3,20,21,22). The summed E-state index contributed by atoms with van der Waals surface area (Å²) >= 11 is 0. The third-order valence-electron chi connectivity index (χ3n) is 4.48. The fourth-order valence-electron chi connectivity index (χ4n) is 3.02. The Morgan fingerprint density at radius 1 is 1.28 bits per heavy atom. The molecule has 1 fully saturated rings. The second-order valence-electron chi connectivity index (χ2n) is 6.80. The molecule has 1 atom stereocenters. The Kier molecular flexibility index (Phi) is 11.2. The fraction of sp³-hybridized carbons (Fsp3) is 0.737. The summed E-state index contributed by atoms with van der Waals surface area (Å²) in [5, 5.41) is 3.23. The van der Waals surface area contributed by atoms with Gasteiger partial charge in [0.05, 0.1) is 19.8 Å². The Morgan fingerprint density at radius 3 is 2.48 bits per heavy atom. The molecule has 1 unspecified atom stereocenters. The number of nitrogens with one attached hydrogen (secondary N) is 1. The average molecular weight is 352 g/mol. The molecule has 1 aliphatic heterocycles. The highest BCUT2D eigenvalue weighted by atomic mass is 16.5. The van der Waals surface area contributed by atoms with E-state index in [1.807, 2.05) is 12.2 Å². The van der Waals surface area contributed by atoms with Crippen LogP contribution < -0.4 is 11.1 Å². The topological polar surface area (TPSA) is 66.1 Å². The largest absolute Gasteiger partial charge is 0.379 e. The molecule has 0 aromatic heterocycles. The first-order valence-corrected chi connectivity index (χ1v) is 9.38. The van der Waals surface area contributed by atoms with E-state index in [1.54, 1.807) is 0 Å². The van der Waals surface area contributed by atoms with Crippen LogP contribution in [0, 0.1) is 5.92 Å². The molecule has 6 heteroatoms. The molecule has 6 nitrogen and oxygen atoms in total. The van der Waals surface area contributed by atoms with Crippen molar-refractivity contribution in [2.24, 2.45) is 16.6 Å². The molecule has 1 heterocycles. The molecule has 3 N–H and O–H groups in total. The molecule has 0 aromatic rings. The molecule has 144 valence electrons. The van der Waals surface area contributed by atoms with Gasteiger partial charge in [-0.15, -0.1) is 13.2 Å². The maximum atomic E-state index is 6.04. The summed E-state index contributed by atoms with van der Waals surface area (Å²) in [6.45, 7) is 20.1. The number of nitrogens with zero attached hydrogens (tertiary/aromatic N) is 3. The Hall–Kier alpha value is -1.37. The Balaban J connectivity index is 2.35.